The Labute approximate surface area is 122 Å². The number of aromatic nitrogens is 1. The molecule has 0 aliphatic carbocycles. The van der Waals surface area contributed by atoms with Crippen LogP contribution in [-0.2, 0) is 5.41 Å². The van der Waals surface area contributed by atoms with Crippen molar-refractivity contribution in [3.63, 3.8) is 0 Å². The zero-order chi connectivity index (χ0) is 14.1. The monoisotopic (exact) mass is 271 g/mol. The quantitative estimate of drug-likeness (QED) is 0.781. The molecule has 1 aromatic rings. The molecule has 0 N–H and O–H groups in total. The van der Waals surface area contributed by atoms with Gasteiger partial charge in [0.25, 0.3) is 0 Å². The van der Waals surface area contributed by atoms with E-state index >= 15 is 0 Å². The Kier molecular flexibility index (Phi) is 2.59. The molecule has 0 saturated carbocycles. The number of hydrogen-bond acceptors (Lipinski definition) is 3. The van der Waals surface area contributed by atoms with E-state index in [1.165, 1.54) is 44.0 Å². The molecule has 5 heterocycles. The second kappa shape index (κ2) is 4.05. The van der Waals surface area contributed by atoms with E-state index < -0.39 is 0 Å². The maximum atomic E-state index is 4.79. The maximum Gasteiger partial charge on any atom is 0.0509 e. The zero-order valence-electron chi connectivity index (χ0n) is 13.1. The molecule has 4 bridgehead atoms. The minimum absolute atomic E-state index is 0.314. The first-order valence-electron chi connectivity index (χ1n) is 7.91. The number of nitrogens with zero attached hydrogens (tertiary/aromatic N) is 3. The number of hydrogen-bond donors (Lipinski definition) is 0. The molecular formula is C17H25N3. The summed E-state index contributed by atoms with van der Waals surface area (Å²) in [6, 6.07) is 2.93. The first-order chi connectivity index (χ1) is 9.49. The van der Waals surface area contributed by atoms with E-state index in [0.29, 0.717) is 11.5 Å². The molecule has 0 spiro atoms. The summed E-state index contributed by atoms with van der Waals surface area (Å²) >= 11 is 0. The van der Waals surface area contributed by atoms with Crippen molar-refractivity contribution in [3.05, 3.63) is 28.6 Å². The van der Waals surface area contributed by atoms with Gasteiger partial charge in [-0.25, -0.2) is 0 Å². The Morgan fingerprint density at radius 1 is 1.25 bits per heavy atom. The summed E-state index contributed by atoms with van der Waals surface area (Å²) in [5.41, 5.74) is 5.73. The fourth-order valence-corrected chi connectivity index (χ4v) is 5.45. The summed E-state index contributed by atoms with van der Waals surface area (Å²) in [6.07, 6.45) is 1.35. The van der Waals surface area contributed by atoms with E-state index in [1.54, 1.807) is 5.56 Å². The van der Waals surface area contributed by atoms with Gasteiger partial charge in [-0.3, -0.25) is 14.8 Å². The van der Waals surface area contributed by atoms with Crippen molar-refractivity contribution in [1.29, 1.82) is 0 Å². The van der Waals surface area contributed by atoms with Crippen molar-refractivity contribution < 1.29 is 0 Å². The first-order valence-corrected chi connectivity index (χ1v) is 7.91. The predicted molar refractivity (Wildman–Crippen MR) is 80.8 cm³/mol. The van der Waals surface area contributed by atoms with Crippen LogP contribution >= 0.6 is 0 Å². The summed E-state index contributed by atoms with van der Waals surface area (Å²) in [4.78, 5) is 10.1. The molecule has 4 unspecified atom stereocenters. The fourth-order valence-electron chi connectivity index (χ4n) is 5.45. The summed E-state index contributed by atoms with van der Waals surface area (Å²) in [5, 5.41) is 0. The minimum atomic E-state index is 0.314. The molecule has 4 saturated heterocycles. The Morgan fingerprint density at radius 2 is 2.05 bits per heavy atom. The highest BCUT2D eigenvalue weighted by Gasteiger charge is 2.55. The molecule has 4 aliphatic rings. The van der Waals surface area contributed by atoms with Crippen LogP contribution in [0.3, 0.4) is 0 Å². The predicted octanol–water partition coefficient (Wildman–Crippen LogP) is 2.24. The molecule has 0 amide bonds. The SMILES string of the molecule is Cc1cc(C)c(C23CC4CN(CN(C4)[C@@H]2C)C3)c(C)n1. The molecule has 5 rings (SSSR count). The molecular weight excluding hydrogens is 246 g/mol. The topological polar surface area (TPSA) is 19.4 Å². The molecule has 3 heteroatoms. The van der Waals surface area contributed by atoms with Crippen LogP contribution in [0.15, 0.2) is 6.07 Å². The lowest BCUT2D eigenvalue weighted by molar-refractivity contribution is -0.121. The van der Waals surface area contributed by atoms with Crippen molar-refractivity contribution in [2.24, 2.45) is 5.92 Å². The summed E-state index contributed by atoms with van der Waals surface area (Å²) in [6.45, 7) is 14.1. The Bertz CT molecular complexity index is 528. The van der Waals surface area contributed by atoms with Crippen molar-refractivity contribution >= 4 is 0 Å². The smallest absolute Gasteiger partial charge is 0.0509 e. The van der Waals surface area contributed by atoms with Gasteiger partial charge in [0, 0.05) is 42.5 Å². The van der Waals surface area contributed by atoms with Gasteiger partial charge in [-0.1, -0.05) is 0 Å². The molecule has 0 radical (unpaired) electrons. The lowest BCUT2D eigenvalue weighted by Crippen LogP contribution is -2.72. The lowest BCUT2D eigenvalue weighted by Gasteiger charge is -2.63. The van der Waals surface area contributed by atoms with E-state index in [1.807, 2.05) is 0 Å². The summed E-state index contributed by atoms with van der Waals surface area (Å²) in [5.74, 6) is 0.855. The summed E-state index contributed by atoms with van der Waals surface area (Å²) < 4.78 is 0. The van der Waals surface area contributed by atoms with Crippen LogP contribution in [-0.4, -0.2) is 47.1 Å². The van der Waals surface area contributed by atoms with E-state index in [9.17, 15) is 0 Å². The van der Waals surface area contributed by atoms with Gasteiger partial charge < -0.3 is 0 Å². The Morgan fingerprint density at radius 3 is 2.75 bits per heavy atom. The van der Waals surface area contributed by atoms with Crippen LogP contribution < -0.4 is 0 Å². The largest absolute Gasteiger partial charge is 0.289 e. The van der Waals surface area contributed by atoms with Crippen LogP contribution in [0.5, 0.6) is 0 Å². The molecule has 5 atom stereocenters. The molecule has 0 aromatic carbocycles. The number of aryl methyl sites for hydroxylation is 3. The molecule has 3 nitrogen and oxygen atoms in total. The van der Waals surface area contributed by atoms with Crippen LogP contribution in [0, 0.1) is 26.7 Å². The van der Waals surface area contributed by atoms with E-state index in [4.69, 9.17) is 4.98 Å². The van der Waals surface area contributed by atoms with Gasteiger partial charge in [0.2, 0.25) is 0 Å². The van der Waals surface area contributed by atoms with Gasteiger partial charge in [0.15, 0.2) is 0 Å². The number of rotatable bonds is 1. The average Bonchev–Trinajstić information content (AvgIpc) is 2.33. The van der Waals surface area contributed by atoms with Crippen molar-refractivity contribution in [2.75, 3.05) is 26.3 Å². The Balaban J connectivity index is 1.88. The first kappa shape index (κ1) is 12.8. The van der Waals surface area contributed by atoms with Crippen LogP contribution in [0.4, 0.5) is 0 Å². The maximum absolute atomic E-state index is 4.79. The summed E-state index contributed by atoms with van der Waals surface area (Å²) in [7, 11) is 0. The average molecular weight is 271 g/mol. The van der Waals surface area contributed by atoms with Crippen molar-refractivity contribution in [2.45, 2.75) is 45.6 Å². The van der Waals surface area contributed by atoms with Gasteiger partial charge >= 0.3 is 0 Å². The zero-order valence-corrected chi connectivity index (χ0v) is 13.1. The van der Waals surface area contributed by atoms with Gasteiger partial charge in [0.1, 0.15) is 0 Å². The standard InChI is InChI=1S/C17H25N3/c1-11-5-12(2)18-13(3)16(11)17-6-15-7-19(9-17)10-20(8-15)14(17)4/h5,14-15H,6-10H2,1-4H3/t14-,15?,17?/m1/s1. The number of piperidine rings is 2. The molecule has 108 valence electrons. The third-order valence-electron chi connectivity index (χ3n) is 5.92. The van der Waals surface area contributed by atoms with Gasteiger partial charge in [-0.15, -0.1) is 0 Å². The highest BCUT2D eigenvalue weighted by Crippen LogP contribution is 2.49. The normalized spacial score (nSPS) is 42.2. The van der Waals surface area contributed by atoms with Crippen LogP contribution in [0.2, 0.25) is 0 Å². The van der Waals surface area contributed by atoms with Crippen molar-refractivity contribution in [3.8, 4) is 0 Å². The van der Waals surface area contributed by atoms with E-state index in [2.05, 4.69) is 43.6 Å². The second-order valence-electron chi connectivity index (χ2n) is 7.37. The molecule has 20 heavy (non-hydrogen) atoms. The minimum Gasteiger partial charge on any atom is -0.289 e. The van der Waals surface area contributed by atoms with Crippen LogP contribution in [0.25, 0.3) is 0 Å². The third kappa shape index (κ3) is 1.57. The van der Waals surface area contributed by atoms with Gasteiger partial charge in [0.05, 0.1) is 6.67 Å². The molecule has 4 aliphatic heterocycles. The highest BCUT2D eigenvalue weighted by atomic mass is 15.4. The lowest BCUT2D eigenvalue weighted by atomic mass is 9.61. The Hall–Kier alpha value is -0.930. The highest BCUT2D eigenvalue weighted by molar-refractivity contribution is 5.41. The molecule has 1 aromatic heterocycles. The third-order valence-corrected chi connectivity index (χ3v) is 5.92. The van der Waals surface area contributed by atoms with Crippen molar-refractivity contribution in [1.82, 2.24) is 14.8 Å². The van der Waals surface area contributed by atoms with Crippen LogP contribution in [0.1, 0.15) is 35.9 Å². The molecule has 4 fully saturated rings. The second-order valence-corrected chi connectivity index (χ2v) is 7.37. The van der Waals surface area contributed by atoms with E-state index in [0.717, 1.165) is 11.6 Å². The van der Waals surface area contributed by atoms with Gasteiger partial charge in [-0.2, -0.15) is 0 Å². The fraction of sp³-hybridized carbons (Fsp3) is 0.706. The van der Waals surface area contributed by atoms with Gasteiger partial charge in [-0.05, 0) is 57.2 Å². The van der Waals surface area contributed by atoms with E-state index in [-0.39, 0.29) is 0 Å². The number of pyridine rings is 1.